The topological polar surface area (TPSA) is 69.4 Å². The molecule has 0 spiro atoms. The van der Waals surface area contributed by atoms with Crippen LogP contribution in [0.3, 0.4) is 0 Å². The maximum atomic E-state index is 5.63. The summed E-state index contributed by atoms with van der Waals surface area (Å²) in [5, 5.41) is 13.6. The summed E-state index contributed by atoms with van der Waals surface area (Å²) in [6.07, 6.45) is 1.93. The molecule has 1 aliphatic rings. The lowest BCUT2D eigenvalue weighted by Crippen LogP contribution is -1.99. The van der Waals surface area contributed by atoms with Gasteiger partial charge in [0.05, 0.1) is 7.11 Å². The van der Waals surface area contributed by atoms with Crippen molar-refractivity contribution in [2.45, 2.75) is 25.5 Å². The first-order valence-electron chi connectivity index (χ1n) is 8.07. The van der Waals surface area contributed by atoms with E-state index in [0.29, 0.717) is 18.5 Å². The smallest absolute Gasteiger partial charge is 0.315 e. The highest BCUT2D eigenvalue weighted by atomic mass is 16.5. The largest absolute Gasteiger partial charge is 0.497 e. The Morgan fingerprint density at radius 3 is 2.88 bits per heavy atom. The molecule has 0 bridgehead atoms. The third kappa shape index (κ3) is 3.05. The third-order valence-electron chi connectivity index (χ3n) is 4.20. The normalized spacial score (nSPS) is 17.3. The summed E-state index contributed by atoms with van der Waals surface area (Å²) in [7, 11) is 1.68. The van der Waals surface area contributed by atoms with E-state index in [1.165, 1.54) is 5.39 Å². The van der Waals surface area contributed by atoms with Crippen molar-refractivity contribution in [3.8, 4) is 5.75 Å². The number of hydrogen-bond acceptors (Lipinski definition) is 6. The van der Waals surface area contributed by atoms with Crippen molar-refractivity contribution < 1.29 is 13.9 Å². The van der Waals surface area contributed by atoms with Crippen molar-refractivity contribution in [2.24, 2.45) is 0 Å². The zero-order chi connectivity index (χ0) is 16.4. The molecule has 1 aliphatic heterocycles. The molecule has 6 nitrogen and oxygen atoms in total. The number of benzene rings is 2. The highest BCUT2D eigenvalue weighted by Crippen LogP contribution is 2.28. The van der Waals surface area contributed by atoms with Gasteiger partial charge in [-0.25, -0.2) is 0 Å². The van der Waals surface area contributed by atoms with E-state index in [4.69, 9.17) is 13.9 Å². The summed E-state index contributed by atoms with van der Waals surface area (Å²) < 4.78 is 16.4. The number of anilines is 1. The summed E-state index contributed by atoms with van der Waals surface area (Å²) in [5.74, 6) is 1.42. The minimum absolute atomic E-state index is 0.0521. The van der Waals surface area contributed by atoms with Crippen molar-refractivity contribution in [1.82, 2.24) is 10.2 Å². The van der Waals surface area contributed by atoms with E-state index in [1.807, 2.05) is 12.1 Å². The molecule has 1 fully saturated rings. The van der Waals surface area contributed by atoms with Gasteiger partial charge < -0.3 is 19.2 Å². The van der Waals surface area contributed by atoms with E-state index in [-0.39, 0.29) is 6.10 Å². The van der Waals surface area contributed by atoms with Gasteiger partial charge in [0.25, 0.3) is 0 Å². The minimum atomic E-state index is -0.0521. The fourth-order valence-electron chi connectivity index (χ4n) is 2.90. The number of ether oxygens (including phenoxy) is 2. The fraction of sp³-hybridized carbons (Fsp3) is 0.333. The van der Waals surface area contributed by atoms with Crippen molar-refractivity contribution in [3.63, 3.8) is 0 Å². The molecular weight excluding hydrogens is 306 g/mol. The summed E-state index contributed by atoms with van der Waals surface area (Å²) in [6.45, 7) is 1.38. The number of nitrogens with one attached hydrogen (secondary N) is 1. The maximum absolute atomic E-state index is 5.63. The Labute approximate surface area is 139 Å². The summed E-state index contributed by atoms with van der Waals surface area (Å²) in [6, 6.07) is 12.8. The standard InChI is InChI=1S/C18H19N3O3/c1-22-15-7-6-13-9-12(4-5-14(13)10-15)11-19-18-21-20-17(24-18)16-3-2-8-23-16/h4-7,9-10,16H,2-3,8,11H2,1H3,(H,19,21)/t16-/m1/s1. The maximum Gasteiger partial charge on any atom is 0.315 e. The molecule has 0 amide bonds. The van der Waals surface area contributed by atoms with Crippen LogP contribution in [-0.2, 0) is 11.3 Å². The van der Waals surface area contributed by atoms with Gasteiger partial charge in [-0.1, -0.05) is 23.3 Å². The SMILES string of the molecule is COc1ccc2cc(CNc3nnc([C@H]4CCCO4)o3)ccc2c1. The second-order valence-electron chi connectivity index (χ2n) is 5.85. The zero-order valence-electron chi connectivity index (χ0n) is 13.5. The monoisotopic (exact) mass is 325 g/mol. The summed E-state index contributed by atoms with van der Waals surface area (Å²) in [5.41, 5.74) is 1.14. The van der Waals surface area contributed by atoms with E-state index >= 15 is 0 Å². The number of methoxy groups -OCH3 is 1. The molecular formula is C18H19N3O3. The van der Waals surface area contributed by atoms with Crippen LogP contribution in [0.4, 0.5) is 6.01 Å². The lowest BCUT2D eigenvalue weighted by molar-refractivity contribution is 0.0897. The van der Waals surface area contributed by atoms with Gasteiger partial charge in [0.2, 0.25) is 5.89 Å². The van der Waals surface area contributed by atoms with E-state index < -0.39 is 0 Å². The number of fused-ring (bicyclic) bond motifs is 1. The van der Waals surface area contributed by atoms with Crippen LogP contribution < -0.4 is 10.1 Å². The van der Waals surface area contributed by atoms with E-state index in [2.05, 4.69) is 39.8 Å². The van der Waals surface area contributed by atoms with Crippen molar-refractivity contribution in [2.75, 3.05) is 19.0 Å². The van der Waals surface area contributed by atoms with E-state index in [1.54, 1.807) is 7.11 Å². The van der Waals surface area contributed by atoms with Crippen molar-refractivity contribution >= 4 is 16.8 Å². The first-order valence-corrected chi connectivity index (χ1v) is 8.07. The molecule has 6 heteroatoms. The summed E-state index contributed by atoms with van der Waals surface area (Å²) >= 11 is 0. The number of rotatable bonds is 5. The highest BCUT2D eigenvalue weighted by molar-refractivity contribution is 5.84. The molecule has 24 heavy (non-hydrogen) atoms. The molecule has 124 valence electrons. The Hall–Kier alpha value is -2.60. The van der Waals surface area contributed by atoms with Crippen LogP contribution in [0.2, 0.25) is 0 Å². The second kappa shape index (κ2) is 6.49. The average molecular weight is 325 g/mol. The van der Waals surface area contributed by atoms with Gasteiger partial charge in [-0.2, -0.15) is 0 Å². The number of aromatic nitrogens is 2. The van der Waals surface area contributed by atoms with Crippen molar-refractivity contribution in [1.29, 1.82) is 0 Å². The summed E-state index contributed by atoms with van der Waals surface area (Å²) in [4.78, 5) is 0. The van der Waals surface area contributed by atoms with Gasteiger partial charge in [0.15, 0.2) is 0 Å². The molecule has 0 saturated carbocycles. The molecule has 4 rings (SSSR count). The lowest BCUT2D eigenvalue weighted by Gasteiger charge is -2.06. The Bertz CT molecular complexity index is 840. The van der Waals surface area contributed by atoms with Crippen LogP contribution in [0.25, 0.3) is 10.8 Å². The molecule has 3 aromatic rings. The average Bonchev–Trinajstić information content (AvgIpc) is 3.30. The quantitative estimate of drug-likeness (QED) is 0.771. The Morgan fingerprint density at radius 1 is 1.17 bits per heavy atom. The van der Waals surface area contributed by atoms with Crippen LogP contribution in [-0.4, -0.2) is 23.9 Å². The first kappa shape index (κ1) is 15.0. The third-order valence-corrected chi connectivity index (χ3v) is 4.20. The van der Waals surface area contributed by atoms with Gasteiger partial charge in [0, 0.05) is 13.2 Å². The molecule has 0 radical (unpaired) electrons. The van der Waals surface area contributed by atoms with Crippen LogP contribution in [0, 0.1) is 0 Å². The first-order chi connectivity index (χ1) is 11.8. The van der Waals surface area contributed by atoms with Crippen LogP contribution in [0.5, 0.6) is 5.75 Å². The van der Waals surface area contributed by atoms with E-state index in [0.717, 1.165) is 36.1 Å². The Morgan fingerprint density at radius 2 is 2.04 bits per heavy atom. The predicted molar refractivity (Wildman–Crippen MR) is 90.1 cm³/mol. The van der Waals surface area contributed by atoms with Gasteiger partial charge in [-0.15, -0.1) is 5.10 Å². The number of nitrogens with zero attached hydrogens (tertiary/aromatic N) is 2. The molecule has 0 unspecified atom stereocenters. The van der Waals surface area contributed by atoms with E-state index in [9.17, 15) is 0 Å². The Balaban J connectivity index is 1.44. The molecule has 1 saturated heterocycles. The van der Waals surface area contributed by atoms with Crippen LogP contribution in [0.15, 0.2) is 40.8 Å². The fourth-order valence-corrected chi connectivity index (χ4v) is 2.90. The second-order valence-corrected chi connectivity index (χ2v) is 5.85. The Kier molecular flexibility index (Phi) is 4.04. The lowest BCUT2D eigenvalue weighted by atomic mass is 10.1. The molecule has 2 heterocycles. The minimum Gasteiger partial charge on any atom is -0.497 e. The predicted octanol–water partition coefficient (Wildman–Crippen LogP) is 3.70. The van der Waals surface area contributed by atoms with Crippen LogP contribution in [0.1, 0.15) is 30.4 Å². The van der Waals surface area contributed by atoms with Gasteiger partial charge in [-0.3, -0.25) is 0 Å². The molecule has 1 atom stereocenters. The molecule has 0 aliphatic carbocycles. The number of hydrogen-bond donors (Lipinski definition) is 1. The molecule has 1 N–H and O–H groups in total. The van der Waals surface area contributed by atoms with Crippen LogP contribution >= 0.6 is 0 Å². The van der Waals surface area contributed by atoms with Crippen molar-refractivity contribution in [3.05, 3.63) is 47.9 Å². The molecule has 1 aromatic heterocycles. The molecule has 2 aromatic carbocycles. The van der Waals surface area contributed by atoms with Gasteiger partial charge in [-0.05, 0) is 47.4 Å². The van der Waals surface area contributed by atoms with Gasteiger partial charge >= 0.3 is 6.01 Å². The zero-order valence-corrected chi connectivity index (χ0v) is 13.5. The highest BCUT2D eigenvalue weighted by Gasteiger charge is 2.23. The van der Waals surface area contributed by atoms with Gasteiger partial charge in [0.1, 0.15) is 11.9 Å².